The van der Waals surface area contributed by atoms with Crippen LogP contribution < -0.4 is 0 Å². The maximum atomic E-state index is 12.5. The summed E-state index contributed by atoms with van der Waals surface area (Å²) in [6.07, 6.45) is 1.94. The Hall–Kier alpha value is -0.240. The van der Waals surface area contributed by atoms with E-state index >= 15 is 0 Å². The van der Waals surface area contributed by atoms with Gasteiger partial charge in [0, 0.05) is 16.7 Å². The second-order valence-corrected chi connectivity index (χ2v) is 12.5. The molecule has 6 nitrogen and oxygen atoms in total. The minimum atomic E-state index is -1.27. The SMILES string of the molecule is CC1(C)OC2C(O1)C1(O)C(C3OC3C1(C)C)C(C)(O)C1CCC3CC21CC3(C)O. The predicted molar refractivity (Wildman–Crippen MR) is 104 cm³/mol. The molecule has 1 spiro atoms. The molecule has 2 bridgehead atoms. The molecule has 2 saturated heterocycles. The molecule has 0 aromatic rings. The topological polar surface area (TPSA) is 91.7 Å². The zero-order valence-electron chi connectivity index (χ0n) is 18.4. The summed E-state index contributed by atoms with van der Waals surface area (Å²) < 4.78 is 19.1. The normalized spacial score (nSPS) is 65.9. The maximum absolute atomic E-state index is 12.5. The first-order valence-electron chi connectivity index (χ1n) is 11.4. The van der Waals surface area contributed by atoms with Crippen molar-refractivity contribution in [3.05, 3.63) is 0 Å². The molecule has 3 N–H and O–H groups in total. The summed E-state index contributed by atoms with van der Waals surface area (Å²) in [6, 6.07) is 0. The molecule has 2 heterocycles. The molecule has 29 heavy (non-hydrogen) atoms. The van der Waals surface area contributed by atoms with Crippen LogP contribution in [0.2, 0.25) is 0 Å². The van der Waals surface area contributed by atoms with Crippen LogP contribution in [0.25, 0.3) is 0 Å². The molecule has 11 unspecified atom stereocenters. The minimum absolute atomic E-state index is 0.0750. The standard InChI is InChI=1S/C23H36O6/c1-18(2)15-13(27-15)14-21(6,25)12-8-7-11-9-22(12,10-20(11,5)24)16-17(23(14,18)26)29-19(3,4)28-16/h11-17,24-26H,7-10H2,1-6H3. The fraction of sp³-hybridized carbons (Fsp3) is 1.00. The zero-order valence-corrected chi connectivity index (χ0v) is 18.4. The van der Waals surface area contributed by atoms with Gasteiger partial charge in [0.2, 0.25) is 0 Å². The molecule has 0 aromatic carbocycles. The summed E-state index contributed by atoms with van der Waals surface area (Å²) in [5.74, 6) is -1.15. The highest BCUT2D eigenvalue weighted by Gasteiger charge is 2.85. The van der Waals surface area contributed by atoms with E-state index in [0.29, 0.717) is 6.42 Å². The molecule has 164 valence electrons. The lowest BCUT2D eigenvalue weighted by Gasteiger charge is -2.51. The number of aliphatic hydroxyl groups is 3. The summed E-state index contributed by atoms with van der Waals surface area (Å²) in [6.45, 7) is 11.7. The Labute approximate surface area is 172 Å². The van der Waals surface area contributed by atoms with Crippen molar-refractivity contribution >= 4 is 0 Å². The van der Waals surface area contributed by atoms with Gasteiger partial charge in [-0.2, -0.15) is 0 Å². The number of fused-ring (bicyclic) bond motifs is 6. The number of ether oxygens (including phenoxy) is 3. The van der Waals surface area contributed by atoms with Crippen molar-refractivity contribution in [1.29, 1.82) is 0 Å². The summed E-state index contributed by atoms with van der Waals surface area (Å²) in [4.78, 5) is 0. The third-order valence-electron chi connectivity index (χ3n) is 10.2. The van der Waals surface area contributed by atoms with Crippen LogP contribution in [0.5, 0.6) is 0 Å². The second kappa shape index (κ2) is 4.89. The fourth-order valence-electron chi connectivity index (χ4n) is 9.06. The van der Waals surface area contributed by atoms with Gasteiger partial charge in [0.15, 0.2) is 5.79 Å². The van der Waals surface area contributed by atoms with Crippen LogP contribution in [0, 0.1) is 28.6 Å². The monoisotopic (exact) mass is 408 g/mol. The van der Waals surface area contributed by atoms with E-state index in [1.54, 1.807) is 0 Å². The van der Waals surface area contributed by atoms with Gasteiger partial charge in [-0.1, -0.05) is 13.8 Å². The summed E-state index contributed by atoms with van der Waals surface area (Å²) in [5, 5.41) is 35.9. The first kappa shape index (κ1) is 19.4. The third kappa shape index (κ3) is 1.97. The van der Waals surface area contributed by atoms with E-state index in [1.165, 1.54) is 0 Å². The van der Waals surface area contributed by atoms with Crippen molar-refractivity contribution < 1.29 is 29.5 Å². The molecule has 0 radical (unpaired) electrons. The van der Waals surface area contributed by atoms with E-state index in [0.717, 1.165) is 19.3 Å². The van der Waals surface area contributed by atoms with Crippen molar-refractivity contribution in [2.45, 2.75) is 114 Å². The van der Waals surface area contributed by atoms with Crippen LogP contribution in [0.4, 0.5) is 0 Å². The highest BCUT2D eigenvalue weighted by Crippen LogP contribution is 2.74. The van der Waals surface area contributed by atoms with E-state index in [1.807, 2.05) is 41.5 Å². The van der Waals surface area contributed by atoms with Crippen molar-refractivity contribution in [1.82, 2.24) is 0 Å². The van der Waals surface area contributed by atoms with Crippen LogP contribution in [0.1, 0.15) is 67.2 Å². The average molecular weight is 409 g/mol. The van der Waals surface area contributed by atoms with Crippen LogP contribution in [-0.4, -0.2) is 62.3 Å². The maximum Gasteiger partial charge on any atom is 0.163 e. The van der Waals surface area contributed by atoms with E-state index < -0.39 is 45.4 Å². The third-order valence-corrected chi connectivity index (χ3v) is 10.2. The van der Waals surface area contributed by atoms with Crippen LogP contribution in [-0.2, 0) is 14.2 Å². The van der Waals surface area contributed by atoms with Gasteiger partial charge in [-0.15, -0.1) is 0 Å². The Balaban J connectivity index is 1.60. The van der Waals surface area contributed by atoms with Crippen molar-refractivity contribution in [3.63, 3.8) is 0 Å². The Morgan fingerprint density at radius 2 is 1.48 bits per heavy atom. The van der Waals surface area contributed by atoms with Gasteiger partial charge >= 0.3 is 0 Å². The summed E-state index contributed by atoms with van der Waals surface area (Å²) in [7, 11) is 0. The van der Waals surface area contributed by atoms with E-state index in [2.05, 4.69) is 0 Å². The molecule has 4 saturated carbocycles. The number of epoxide rings is 1. The molecule has 6 fully saturated rings. The Bertz CT molecular complexity index is 773. The molecule has 0 aromatic heterocycles. The minimum Gasteiger partial charge on any atom is -0.390 e. The summed E-state index contributed by atoms with van der Waals surface area (Å²) >= 11 is 0. The molecule has 0 amide bonds. The average Bonchev–Trinajstić information content (AvgIpc) is 3.19. The van der Waals surface area contributed by atoms with Crippen LogP contribution in [0.15, 0.2) is 0 Å². The Morgan fingerprint density at radius 1 is 0.828 bits per heavy atom. The zero-order chi connectivity index (χ0) is 21.0. The highest BCUT2D eigenvalue weighted by molar-refractivity contribution is 5.33. The molecular weight excluding hydrogens is 372 g/mol. The van der Waals surface area contributed by atoms with Gasteiger partial charge in [0.05, 0.1) is 29.5 Å². The van der Waals surface area contributed by atoms with Gasteiger partial charge in [-0.05, 0) is 65.2 Å². The Morgan fingerprint density at radius 3 is 2.17 bits per heavy atom. The number of rotatable bonds is 0. The molecular formula is C23H36O6. The van der Waals surface area contributed by atoms with Gasteiger partial charge in [-0.25, -0.2) is 0 Å². The van der Waals surface area contributed by atoms with Gasteiger partial charge in [0.25, 0.3) is 0 Å². The smallest absolute Gasteiger partial charge is 0.163 e. The van der Waals surface area contributed by atoms with Crippen molar-refractivity contribution in [2.75, 3.05) is 0 Å². The summed E-state index contributed by atoms with van der Waals surface area (Å²) in [5.41, 5.74) is -4.17. The Kier molecular flexibility index (Phi) is 3.28. The molecule has 2 aliphatic heterocycles. The van der Waals surface area contributed by atoms with Gasteiger partial charge in [-0.3, -0.25) is 0 Å². The van der Waals surface area contributed by atoms with Crippen molar-refractivity contribution in [3.8, 4) is 0 Å². The van der Waals surface area contributed by atoms with Crippen molar-refractivity contribution in [2.24, 2.45) is 28.6 Å². The molecule has 6 rings (SSSR count). The first-order chi connectivity index (χ1) is 13.2. The van der Waals surface area contributed by atoms with Crippen LogP contribution >= 0.6 is 0 Å². The first-order valence-corrected chi connectivity index (χ1v) is 11.4. The molecule has 6 aliphatic rings. The quantitative estimate of drug-likeness (QED) is 0.531. The van der Waals surface area contributed by atoms with E-state index in [4.69, 9.17) is 14.2 Å². The number of hydrogen-bond donors (Lipinski definition) is 3. The highest BCUT2D eigenvalue weighted by atomic mass is 16.8. The predicted octanol–water partition coefficient (Wildman–Crippen LogP) is 1.98. The van der Waals surface area contributed by atoms with E-state index in [-0.39, 0.29) is 30.1 Å². The second-order valence-electron chi connectivity index (χ2n) is 12.5. The lowest BCUT2D eigenvalue weighted by Crippen LogP contribution is -2.64. The van der Waals surface area contributed by atoms with Gasteiger partial charge in [0.1, 0.15) is 11.7 Å². The lowest BCUT2D eigenvalue weighted by atomic mass is 9.58. The largest absolute Gasteiger partial charge is 0.390 e. The molecule has 6 heteroatoms. The number of hydrogen-bond acceptors (Lipinski definition) is 6. The van der Waals surface area contributed by atoms with Gasteiger partial charge < -0.3 is 29.5 Å². The lowest BCUT2D eigenvalue weighted by molar-refractivity contribution is -0.249. The van der Waals surface area contributed by atoms with E-state index in [9.17, 15) is 15.3 Å². The molecule has 11 atom stereocenters. The molecule has 4 aliphatic carbocycles. The van der Waals surface area contributed by atoms with Crippen LogP contribution in [0.3, 0.4) is 0 Å². The fourth-order valence-corrected chi connectivity index (χ4v) is 9.06.